The van der Waals surface area contributed by atoms with E-state index in [0.717, 1.165) is 11.6 Å². The average molecular weight is 281 g/mol. The Kier molecular flexibility index (Phi) is 5.26. The molecule has 1 unspecified atom stereocenters. The third-order valence-electron chi connectivity index (χ3n) is 4.01. The van der Waals surface area contributed by atoms with Crippen molar-refractivity contribution >= 4 is 11.6 Å². The lowest BCUT2D eigenvalue weighted by molar-refractivity contribution is 0.255. The molecule has 0 bridgehead atoms. The van der Waals surface area contributed by atoms with Gasteiger partial charge < -0.3 is 10.2 Å². The molecule has 19 heavy (non-hydrogen) atoms. The molecule has 1 aliphatic carbocycles. The van der Waals surface area contributed by atoms with E-state index in [1.165, 1.54) is 24.8 Å². The summed E-state index contributed by atoms with van der Waals surface area (Å²) in [4.78, 5) is 2.24. The van der Waals surface area contributed by atoms with Crippen LogP contribution in [0.15, 0.2) is 24.3 Å². The second-order valence-corrected chi connectivity index (χ2v) is 6.45. The molecule has 1 fully saturated rings. The highest BCUT2D eigenvalue weighted by Gasteiger charge is 2.31. The molecule has 2 rings (SSSR count). The second-order valence-electron chi connectivity index (χ2n) is 6.05. The van der Waals surface area contributed by atoms with Crippen molar-refractivity contribution in [1.82, 2.24) is 10.2 Å². The fraction of sp³-hybridized carbons (Fsp3) is 0.625. The van der Waals surface area contributed by atoms with Gasteiger partial charge in [0, 0.05) is 17.1 Å². The first-order valence-electron chi connectivity index (χ1n) is 7.21. The molecular formula is C16H25ClN2. The van der Waals surface area contributed by atoms with E-state index in [9.17, 15) is 0 Å². The molecule has 0 saturated heterocycles. The first-order chi connectivity index (χ1) is 9.06. The van der Waals surface area contributed by atoms with Crippen molar-refractivity contribution < 1.29 is 0 Å². The zero-order valence-electron chi connectivity index (χ0n) is 12.2. The van der Waals surface area contributed by atoms with Crippen LogP contribution in [-0.4, -0.2) is 37.6 Å². The molecular weight excluding hydrogens is 256 g/mol. The molecule has 0 aromatic heterocycles. The van der Waals surface area contributed by atoms with Crippen LogP contribution in [0.1, 0.15) is 37.7 Å². The van der Waals surface area contributed by atoms with Crippen LogP contribution in [-0.2, 0) is 0 Å². The number of hydrogen-bond donors (Lipinski definition) is 1. The minimum Gasteiger partial charge on any atom is -0.311 e. The highest BCUT2D eigenvalue weighted by molar-refractivity contribution is 6.31. The van der Waals surface area contributed by atoms with Crippen LogP contribution in [0.25, 0.3) is 0 Å². The molecule has 1 saturated carbocycles. The van der Waals surface area contributed by atoms with Gasteiger partial charge in [-0.15, -0.1) is 0 Å². The van der Waals surface area contributed by atoms with Gasteiger partial charge >= 0.3 is 0 Å². The lowest BCUT2D eigenvalue weighted by Gasteiger charge is -2.38. The van der Waals surface area contributed by atoms with Gasteiger partial charge in [0.05, 0.1) is 0 Å². The minimum atomic E-state index is 0.597. The summed E-state index contributed by atoms with van der Waals surface area (Å²) in [5, 5.41) is 4.64. The van der Waals surface area contributed by atoms with Gasteiger partial charge in [0.1, 0.15) is 0 Å². The predicted octanol–water partition coefficient (Wildman–Crippen LogP) is 3.52. The lowest BCUT2D eigenvalue weighted by atomic mass is 9.75. The Balaban J connectivity index is 1.73. The molecule has 0 spiro atoms. The Labute approximate surface area is 122 Å². The third kappa shape index (κ3) is 4.20. The molecule has 0 heterocycles. The number of nitrogens with one attached hydrogen (secondary N) is 1. The van der Waals surface area contributed by atoms with Crippen molar-refractivity contribution in [3.63, 3.8) is 0 Å². The van der Waals surface area contributed by atoms with Crippen molar-refractivity contribution in [1.29, 1.82) is 0 Å². The van der Waals surface area contributed by atoms with Crippen molar-refractivity contribution in [3.05, 3.63) is 34.9 Å². The zero-order valence-corrected chi connectivity index (χ0v) is 13.0. The smallest absolute Gasteiger partial charge is 0.0440 e. The van der Waals surface area contributed by atoms with E-state index in [4.69, 9.17) is 11.6 Å². The van der Waals surface area contributed by atoms with Crippen LogP contribution < -0.4 is 5.32 Å². The molecule has 2 nitrogen and oxygen atoms in total. The Morgan fingerprint density at radius 1 is 1.32 bits per heavy atom. The van der Waals surface area contributed by atoms with E-state index in [-0.39, 0.29) is 0 Å². The maximum absolute atomic E-state index is 6.24. The molecule has 0 radical (unpaired) electrons. The summed E-state index contributed by atoms with van der Waals surface area (Å²) in [6.07, 6.45) is 3.65. The molecule has 106 valence electrons. The van der Waals surface area contributed by atoms with Gasteiger partial charge in [-0.05, 0) is 64.4 Å². The quantitative estimate of drug-likeness (QED) is 0.858. The summed E-state index contributed by atoms with van der Waals surface area (Å²) in [6, 6.07) is 9.51. The standard InChI is InChI=1S/C16H25ClN2/c1-12(8-9-19(2)3)18-14-10-13(11-14)15-6-4-5-7-16(15)17/h4-7,12-14,18H,8-11H2,1-3H3. The van der Waals surface area contributed by atoms with E-state index in [1.807, 2.05) is 12.1 Å². The summed E-state index contributed by atoms with van der Waals surface area (Å²) in [5.41, 5.74) is 1.32. The maximum atomic E-state index is 6.24. The second kappa shape index (κ2) is 6.74. The van der Waals surface area contributed by atoms with Crippen LogP contribution in [0.5, 0.6) is 0 Å². The van der Waals surface area contributed by atoms with Crippen LogP contribution in [0.3, 0.4) is 0 Å². The van der Waals surface area contributed by atoms with Crippen molar-refractivity contribution in [2.75, 3.05) is 20.6 Å². The summed E-state index contributed by atoms with van der Waals surface area (Å²) >= 11 is 6.24. The SMILES string of the molecule is CC(CCN(C)C)NC1CC(c2ccccc2Cl)C1. The lowest BCUT2D eigenvalue weighted by Crippen LogP contribution is -2.45. The van der Waals surface area contributed by atoms with Crippen LogP contribution in [0, 0.1) is 0 Å². The average Bonchev–Trinajstić information content (AvgIpc) is 2.32. The maximum Gasteiger partial charge on any atom is 0.0440 e. The number of halogens is 1. The third-order valence-corrected chi connectivity index (χ3v) is 4.36. The van der Waals surface area contributed by atoms with Gasteiger partial charge in [-0.1, -0.05) is 29.8 Å². The van der Waals surface area contributed by atoms with E-state index >= 15 is 0 Å². The Morgan fingerprint density at radius 2 is 2.00 bits per heavy atom. The van der Waals surface area contributed by atoms with Crippen molar-refractivity contribution in [2.24, 2.45) is 0 Å². The Bertz CT molecular complexity index is 399. The van der Waals surface area contributed by atoms with Gasteiger partial charge in [0.15, 0.2) is 0 Å². The highest BCUT2D eigenvalue weighted by atomic mass is 35.5. The molecule has 1 N–H and O–H groups in total. The topological polar surface area (TPSA) is 15.3 Å². The highest BCUT2D eigenvalue weighted by Crippen LogP contribution is 2.40. The molecule has 1 aromatic carbocycles. The molecule has 1 aliphatic rings. The fourth-order valence-corrected chi connectivity index (χ4v) is 3.04. The first kappa shape index (κ1) is 14.8. The monoisotopic (exact) mass is 280 g/mol. The largest absolute Gasteiger partial charge is 0.311 e. The van der Waals surface area contributed by atoms with Gasteiger partial charge in [0.25, 0.3) is 0 Å². The van der Waals surface area contributed by atoms with Crippen molar-refractivity contribution in [2.45, 2.75) is 44.2 Å². The molecule has 1 atom stereocenters. The molecule has 1 aromatic rings. The normalized spacial score (nSPS) is 24.3. The number of nitrogens with zero attached hydrogens (tertiary/aromatic N) is 1. The summed E-state index contributed by atoms with van der Waals surface area (Å²) in [5.74, 6) is 0.646. The Hall–Kier alpha value is -0.570. The number of benzene rings is 1. The molecule has 3 heteroatoms. The van der Waals surface area contributed by atoms with Gasteiger partial charge in [-0.3, -0.25) is 0 Å². The van der Waals surface area contributed by atoms with E-state index in [1.54, 1.807) is 0 Å². The number of hydrogen-bond acceptors (Lipinski definition) is 2. The summed E-state index contributed by atoms with van der Waals surface area (Å²) in [7, 11) is 4.26. The van der Waals surface area contributed by atoms with Gasteiger partial charge in [0.2, 0.25) is 0 Å². The summed E-state index contributed by atoms with van der Waals surface area (Å²) < 4.78 is 0. The zero-order chi connectivity index (χ0) is 13.8. The van der Waals surface area contributed by atoms with E-state index in [2.05, 4.69) is 43.4 Å². The number of rotatable bonds is 6. The predicted molar refractivity (Wildman–Crippen MR) is 83.0 cm³/mol. The van der Waals surface area contributed by atoms with Crippen LogP contribution in [0.4, 0.5) is 0 Å². The molecule has 0 aliphatic heterocycles. The van der Waals surface area contributed by atoms with Crippen LogP contribution in [0.2, 0.25) is 5.02 Å². The molecule has 0 amide bonds. The Morgan fingerprint density at radius 3 is 2.63 bits per heavy atom. The van der Waals surface area contributed by atoms with E-state index < -0.39 is 0 Å². The van der Waals surface area contributed by atoms with E-state index in [0.29, 0.717) is 18.0 Å². The minimum absolute atomic E-state index is 0.597. The summed E-state index contributed by atoms with van der Waals surface area (Å²) in [6.45, 7) is 3.43. The van der Waals surface area contributed by atoms with Crippen LogP contribution >= 0.6 is 11.6 Å². The first-order valence-corrected chi connectivity index (χ1v) is 7.59. The van der Waals surface area contributed by atoms with Gasteiger partial charge in [-0.25, -0.2) is 0 Å². The van der Waals surface area contributed by atoms with Gasteiger partial charge in [-0.2, -0.15) is 0 Å². The fourth-order valence-electron chi connectivity index (χ4n) is 2.75. The van der Waals surface area contributed by atoms with Crippen molar-refractivity contribution in [3.8, 4) is 0 Å².